The van der Waals surface area contributed by atoms with Crippen molar-refractivity contribution in [1.82, 2.24) is 0 Å². The molecule has 0 aliphatic heterocycles. The lowest BCUT2D eigenvalue weighted by atomic mass is 10.2. The van der Waals surface area contributed by atoms with Crippen LogP contribution in [0.25, 0.3) is 0 Å². The lowest BCUT2D eigenvalue weighted by Gasteiger charge is -2.10. The molecule has 17 heavy (non-hydrogen) atoms. The number of esters is 1. The molecule has 0 aromatic heterocycles. The number of nitrogens with zero attached hydrogens (tertiary/aromatic N) is 1. The van der Waals surface area contributed by atoms with Gasteiger partial charge < -0.3 is 9.47 Å². The molecule has 0 aliphatic rings. The highest BCUT2D eigenvalue weighted by atomic mass is 35.5. The molecule has 0 N–H and O–H groups in total. The molecule has 4 nitrogen and oxygen atoms in total. The molecule has 5 heteroatoms. The summed E-state index contributed by atoms with van der Waals surface area (Å²) in [4.78, 5) is 11.2. The van der Waals surface area contributed by atoms with Crippen LogP contribution in [0.4, 0.5) is 0 Å². The van der Waals surface area contributed by atoms with Crippen LogP contribution in [0.5, 0.6) is 5.75 Å². The van der Waals surface area contributed by atoms with E-state index in [0.717, 1.165) is 0 Å². The highest BCUT2D eigenvalue weighted by molar-refractivity contribution is 6.30. The van der Waals surface area contributed by atoms with Crippen LogP contribution in [0, 0.1) is 11.3 Å². The summed E-state index contributed by atoms with van der Waals surface area (Å²) in [5.41, 5.74) is 0.326. The maximum absolute atomic E-state index is 11.2. The van der Waals surface area contributed by atoms with Gasteiger partial charge in [0.25, 0.3) is 0 Å². The van der Waals surface area contributed by atoms with E-state index in [1.54, 1.807) is 19.9 Å². The summed E-state index contributed by atoms with van der Waals surface area (Å²) < 4.78 is 10.1. The van der Waals surface area contributed by atoms with Gasteiger partial charge in [0.1, 0.15) is 11.8 Å². The van der Waals surface area contributed by atoms with Crippen molar-refractivity contribution in [3.63, 3.8) is 0 Å². The molecule has 0 bridgehead atoms. The average molecular weight is 254 g/mol. The van der Waals surface area contributed by atoms with Gasteiger partial charge in [0.05, 0.1) is 11.7 Å². The van der Waals surface area contributed by atoms with E-state index < -0.39 is 5.97 Å². The first-order valence-electron chi connectivity index (χ1n) is 5.05. The molecular formula is C12H12ClNO3. The Morgan fingerprint density at radius 2 is 2.24 bits per heavy atom. The molecule has 1 aromatic rings. The van der Waals surface area contributed by atoms with E-state index in [1.807, 2.05) is 6.07 Å². The zero-order valence-electron chi connectivity index (χ0n) is 9.57. The molecular weight excluding hydrogens is 242 g/mol. The molecule has 0 fully saturated rings. The maximum atomic E-state index is 11.2. The minimum absolute atomic E-state index is 0.194. The van der Waals surface area contributed by atoms with Crippen molar-refractivity contribution in [2.75, 3.05) is 6.61 Å². The Labute approximate surface area is 105 Å². The fraction of sp³-hybridized carbons (Fsp3) is 0.333. The van der Waals surface area contributed by atoms with E-state index >= 15 is 0 Å². The first-order chi connectivity index (χ1) is 8.02. The highest BCUT2D eigenvalue weighted by Crippen LogP contribution is 2.22. The first-order valence-corrected chi connectivity index (χ1v) is 5.42. The molecule has 0 spiro atoms. The number of ether oxygens (including phenoxy) is 2. The van der Waals surface area contributed by atoms with Crippen molar-refractivity contribution < 1.29 is 14.3 Å². The van der Waals surface area contributed by atoms with Crippen molar-refractivity contribution in [1.29, 1.82) is 5.26 Å². The van der Waals surface area contributed by atoms with Gasteiger partial charge in [-0.05, 0) is 26.0 Å². The quantitative estimate of drug-likeness (QED) is 0.774. The van der Waals surface area contributed by atoms with Crippen LogP contribution in [0.15, 0.2) is 18.2 Å². The minimum atomic E-state index is -0.483. The number of nitriles is 1. The van der Waals surface area contributed by atoms with Crippen molar-refractivity contribution in [3.8, 4) is 11.8 Å². The van der Waals surface area contributed by atoms with E-state index in [2.05, 4.69) is 0 Å². The molecule has 1 rings (SSSR count). The molecule has 0 heterocycles. The second kappa shape index (κ2) is 6.12. The van der Waals surface area contributed by atoms with Crippen LogP contribution < -0.4 is 4.74 Å². The number of halogens is 1. The summed E-state index contributed by atoms with van der Waals surface area (Å²) in [6.45, 7) is 3.25. The lowest BCUT2D eigenvalue weighted by molar-refractivity contribution is -0.149. The summed E-state index contributed by atoms with van der Waals surface area (Å²) in [6, 6.07) is 6.56. The number of hydrogen-bond donors (Lipinski definition) is 0. The average Bonchev–Trinajstić information content (AvgIpc) is 2.25. The SMILES string of the molecule is CC(C)OC(=O)COc1cc(Cl)ccc1C#N. The van der Waals surface area contributed by atoms with Crippen molar-refractivity contribution in [3.05, 3.63) is 28.8 Å². The fourth-order valence-corrected chi connectivity index (χ4v) is 1.30. The second-order valence-electron chi connectivity index (χ2n) is 3.58. The van der Waals surface area contributed by atoms with Gasteiger partial charge in [-0.25, -0.2) is 4.79 Å². The van der Waals surface area contributed by atoms with Gasteiger partial charge in [-0.2, -0.15) is 5.26 Å². The van der Waals surface area contributed by atoms with Gasteiger partial charge in [-0.1, -0.05) is 11.6 Å². The second-order valence-corrected chi connectivity index (χ2v) is 4.02. The third-order valence-electron chi connectivity index (χ3n) is 1.78. The Bertz CT molecular complexity index is 452. The molecule has 90 valence electrons. The zero-order valence-corrected chi connectivity index (χ0v) is 10.3. The lowest BCUT2D eigenvalue weighted by Crippen LogP contribution is -2.19. The monoisotopic (exact) mass is 253 g/mol. The molecule has 0 radical (unpaired) electrons. The third-order valence-corrected chi connectivity index (χ3v) is 2.01. The van der Waals surface area contributed by atoms with Gasteiger partial charge in [-0.3, -0.25) is 0 Å². The third kappa shape index (κ3) is 4.33. The summed E-state index contributed by atoms with van der Waals surface area (Å²) in [5, 5.41) is 9.27. The van der Waals surface area contributed by atoms with Crippen LogP contribution >= 0.6 is 11.6 Å². The van der Waals surface area contributed by atoms with Crippen molar-refractivity contribution >= 4 is 17.6 Å². The normalized spacial score (nSPS) is 9.82. The zero-order chi connectivity index (χ0) is 12.8. The first kappa shape index (κ1) is 13.3. The van der Waals surface area contributed by atoms with Crippen LogP contribution in [0.1, 0.15) is 19.4 Å². The minimum Gasteiger partial charge on any atom is -0.480 e. The van der Waals surface area contributed by atoms with Crippen LogP contribution in [0.3, 0.4) is 0 Å². The fourth-order valence-electron chi connectivity index (χ4n) is 1.14. The number of carbonyl (C=O) groups excluding carboxylic acids is 1. The molecule has 0 unspecified atom stereocenters. The van der Waals surface area contributed by atoms with Crippen molar-refractivity contribution in [2.45, 2.75) is 20.0 Å². The Morgan fingerprint density at radius 1 is 1.53 bits per heavy atom. The molecule has 0 atom stereocenters. The highest BCUT2D eigenvalue weighted by Gasteiger charge is 2.09. The summed E-state index contributed by atoms with van der Waals surface area (Å²) >= 11 is 5.77. The largest absolute Gasteiger partial charge is 0.480 e. The Hall–Kier alpha value is -1.73. The number of rotatable bonds is 4. The van der Waals surface area contributed by atoms with Gasteiger partial charge >= 0.3 is 5.97 Å². The van der Waals surface area contributed by atoms with Gasteiger partial charge in [0.2, 0.25) is 0 Å². The van der Waals surface area contributed by atoms with E-state index in [4.69, 9.17) is 26.3 Å². The predicted octanol–water partition coefficient (Wildman–Crippen LogP) is 2.54. The van der Waals surface area contributed by atoms with E-state index in [9.17, 15) is 4.79 Å². The molecule has 1 aromatic carbocycles. The summed E-state index contributed by atoms with van der Waals surface area (Å²) in [5.74, 6) is -0.204. The van der Waals surface area contributed by atoms with Crippen LogP contribution in [-0.4, -0.2) is 18.7 Å². The van der Waals surface area contributed by atoms with Crippen molar-refractivity contribution in [2.24, 2.45) is 0 Å². The number of benzene rings is 1. The van der Waals surface area contributed by atoms with E-state index in [-0.39, 0.29) is 18.5 Å². The topological polar surface area (TPSA) is 59.3 Å². The van der Waals surface area contributed by atoms with E-state index in [1.165, 1.54) is 12.1 Å². The Balaban J connectivity index is 2.66. The Kier molecular flexibility index (Phi) is 4.80. The van der Waals surface area contributed by atoms with E-state index in [0.29, 0.717) is 10.6 Å². The number of carbonyl (C=O) groups is 1. The van der Waals surface area contributed by atoms with Crippen LogP contribution in [-0.2, 0) is 9.53 Å². The molecule has 0 amide bonds. The smallest absolute Gasteiger partial charge is 0.344 e. The molecule has 0 saturated heterocycles. The Morgan fingerprint density at radius 3 is 2.82 bits per heavy atom. The molecule has 0 saturated carbocycles. The van der Waals surface area contributed by atoms with Gasteiger partial charge in [0.15, 0.2) is 6.61 Å². The summed E-state index contributed by atoms with van der Waals surface area (Å²) in [7, 11) is 0. The molecule has 0 aliphatic carbocycles. The van der Waals surface area contributed by atoms with Gasteiger partial charge in [0, 0.05) is 11.1 Å². The summed E-state index contributed by atoms with van der Waals surface area (Å²) in [6.07, 6.45) is -0.194. The maximum Gasteiger partial charge on any atom is 0.344 e. The number of hydrogen-bond acceptors (Lipinski definition) is 4. The standard InChI is InChI=1S/C12H12ClNO3/c1-8(2)17-12(15)7-16-11-5-10(13)4-3-9(11)6-14/h3-5,8H,7H2,1-2H3. The predicted molar refractivity (Wildman–Crippen MR) is 62.9 cm³/mol. The van der Waals surface area contributed by atoms with Crippen LogP contribution in [0.2, 0.25) is 5.02 Å². The van der Waals surface area contributed by atoms with Gasteiger partial charge in [-0.15, -0.1) is 0 Å².